The fraction of sp³-hybridized carbons (Fsp3) is 0.721. The van der Waals surface area contributed by atoms with Crippen molar-refractivity contribution in [3.8, 4) is 5.75 Å². The quantitative estimate of drug-likeness (QED) is 0.156. The summed E-state index contributed by atoms with van der Waals surface area (Å²) in [6, 6.07) is 2.71. The highest BCUT2D eigenvalue weighted by molar-refractivity contribution is 7.87. The van der Waals surface area contributed by atoms with Crippen LogP contribution >= 0.6 is 0 Å². The number of imide groups is 1. The maximum absolute atomic E-state index is 14.9. The van der Waals surface area contributed by atoms with Gasteiger partial charge in [0.1, 0.15) is 28.6 Å². The number of ether oxygens (including phenoxy) is 3. The minimum atomic E-state index is -4.35. The number of hydrogen-bond donors (Lipinski definition) is 3. The second-order valence-electron chi connectivity index (χ2n) is 20.3. The van der Waals surface area contributed by atoms with Gasteiger partial charge in [-0.15, -0.1) is 0 Å². The maximum Gasteiger partial charge on any atom is 0.482 e. The van der Waals surface area contributed by atoms with E-state index in [9.17, 15) is 37.2 Å². The van der Waals surface area contributed by atoms with Crippen LogP contribution in [-0.2, 0) is 49.8 Å². The Hall–Kier alpha value is -4.47. The summed E-state index contributed by atoms with van der Waals surface area (Å²) in [6.45, 7) is 18.3. The molecule has 6 aliphatic rings. The maximum atomic E-state index is 14.9. The fourth-order valence-corrected chi connectivity index (χ4v) is 11.0. The van der Waals surface area contributed by atoms with Crippen molar-refractivity contribution < 1.29 is 60.7 Å². The molecule has 1 aromatic carbocycles. The molecule has 6 amide bonds. The van der Waals surface area contributed by atoms with Gasteiger partial charge in [0, 0.05) is 32.7 Å². The van der Waals surface area contributed by atoms with E-state index in [1.54, 1.807) is 66.7 Å². The summed E-state index contributed by atoms with van der Waals surface area (Å²) in [4.78, 5) is 82.8. The molecule has 2 bridgehead atoms. The number of nitrogens with one attached hydrogen (secondary N) is 3. The number of rotatable bonds is 12. The van der Waals surface area contributed by atoms with Crippen molar-refractivity contribution in [2.75, 3.05) is 39.8 Å². The lowest BCUT2D eigenvalue weighted by molar-refractivity contribution is -0.199. The number of nitrogens with zero attached hydrogens (tertiary/aromatic N) is 3. The number of para-hydroxylation sites is 1. The first-order valence-corrected chi connectivity index (χ1v) is 23.6. The van der Waals surface area contributed by atoms with Crippen LogP contribution in [0.3, 0.4) is 0 Å². The lowest BCUT2D eigenvalue weighted by atomic mass is 9.43. The molecule has 3 N–H and O–H groups in total. The zero-order valence-electron chi connectivity index (χ0n) is 38.9. The molecule has 19 nitrogen and oxygen atoms in total. The van der Waals surface area contributed by atoms with Gasteiger partial charge in [-0.2, -0.15) is 12.7 Å². The van der Waals surface area contributed by atoms with E-state index in [0.29, 0.717) is 11.5 Å². The molecule has 1 aromatic rings. The molecule has 0 radical (unpaired) electrons. The monoisotopic (exact) mass is 916 g/mol. The number of piperidine rings is 1. The Kier molecular flexibility index (Phi) is 13.8. The van der Waals surface area contributed by atoms with E-state index in [1.807, 2.05) is 11.6 Å². The van der Waals surface area contributed by atoms with Crippen LogP contribution in [0, 0.1) is 23.2 Å². The third kappa shape index (κ3) is 10.2. The average Bonchev–Trinajstić information content (AvgIpc) is 3.56. The molecule has 3 saturated carbocycles. The third-order valence-electron chi connectivity index (χ3n) is 13.4. The Morgan fingerprint density at radius 3 is 2.17 bits per heavy atom. The van der Waals surface area contributed by atoms with Crippen LogP contribution in [0.25, 0.3) is 0 Å². The first-order chi connectivity index (χ1) is 29.7. The van der Waals surface area contributed by atoms with Gasteiger partial charge in [0.05, 0.1) is 24.8 Å². The summed E-state index contributed by atoms with van der Waals surface area (Å²) in [5, 5.41) is 5.81. The molecule has 0 spiro atoms. The minimum Gasteiger partial charge on any atom is -0.496 e. The number of benzene rings is 1. The molecule has 2 unspecified atom stereocenters. The van der Waals surface area contributed by atoms with Crippen molar-refractivity contribution in [2.24, 2.45) is 23.2 Å². The molecule has 354 valence electrons. The average molecular weight is 917 g/mol. The summed E-state index contributed by atoms with van der Waals surface area (Å²) in [5.41, 5.74) is -1.72. The van der Waals surface area contributed by atoms with Gasteiger partial charge >= 0.3 is 47.2 Å². The van der Waals surface area contributed by atoms with E-state index in [4.69, 9.17) is 23.5 Å². The van der Waals surface area contributed by atoms with E-state index >= 15 is 0 Å². The molecular formula is C43H65BN6O13S. The van der Waals surface area contributed by atoms with Gasteiger partial charge in [0.2, 0.25) is 5.91 Å². The fourth-order valence-electron chi connectivity index (χ4n) is 9.97. The van der Waals surface area contributed by atoms with Crippen molar-refractivity contribution >= 4 is 53.1 Å². The second-order valence-corrected chi connectivity index (χ2v) is 21.9. The number of piperazine rings is 1. The highest BCUT2D eigenvalue weighted by Crippen LogP contribution is 2.65. The van der Waals surface area contributed by atoms with Gasteiger partial charge in [-0.1, -0.05) is 26.0 Å². The van der Waals surface area contributed by atoms with E-state index in [0.717, 1.165) is 22.0 Å². The molecule has 64 heavy (non-hydrogen) atoms. The van der Waals surface area contributed by atoms with Gasteiger partial charge in [-0.05, 0) is 122 Å². The normalized spacial score (nSPS) is 26.0. The molecule has 3 aliphatic heterocycles. The molecule has 6 atom stereocenters. The van der Waals surface area contributed by atoms with E-state index in [-0.39, 0.29) is 80.7 Å². The Bertz CT molecular complexity index is 2120. The topological polar surface area (TPSA) is 229 Å². The number of esters is 1. The van der Waals surface area contributed by atoms with Crippen LogP contribution in [-0.4, -0.2) is 140 Å². The number of carbonyl (C=O) groups excluding carboxylic acids is 6. The predicted octanol–water partition coefficient (Wildman–Crippen LogP) is 3.20. The van der Waals surface area contributed by atoms with Crippen LogP contribution in [0.15, 0.2) is 18.2 Å². The van der Waals surface area contributed by atoms with Crippen molar-refractivity contribution in [3.63, 3.8) is 0 Å². The third-order valence-corrected chi connectivity index (χ3v) is 14.9. The molecule has 6 fully saturated rings. The second kappa shape index (κ2) is 18.1. The van der Waals surface area contributed by atoms with Gasteiger partial charge < -0.3 is 39.1 Å². The molecule has 0 aromatic heterocycles. The molecule has 21 heteroatoms. The highest BCUT2D eigenvalue weighted by Gasteiger charge is 2.68. The number of likely N-dealkylation sites (N-methyl/N-ethyl adjacent to an activating group) is 1. The first kappa shape index (κ1) is 49.0. The number of methoxy groups -OCH3 is 1. The summed E-state index contributed by atoms with van der Waals surface area (Å²) in [6.07, 6.45) is 0.454. The van der Waals surface area contributed by atoms with E-state index in [1.165, 1.54) is 12.0 Å². The zero-order valence-corrected chi connectivity index (χ0v) is 39.7. The number of urea groups is 1. The van der Waals surface area contributed by atoms with Gasteiger partial charge in [0.25, 0.3) is 0 Å². The van der Waals surface area contributed by atoms with Gasteiger partial charge in [-0.3, -0.25) is 19.3 Å². The molecule has 3 aliphatic carbocycles. The number of carbonyl (C=O) groups is 6. The van der Waals surface area contributed by atoms with Crippen LogP contribution in [0.4, 0.5) is 9.59 Å². The van der Waals surface area contributed by atoms with Crippen molar-refractivity contribution in [2.45, 2.75) is 136 Å². The Balaban J connectivity index is 1.31. The first-order valence-electron chi connectivity index (χ1n) is 22.1. The van der Waals surface area contributed by atoms with Crippen LogP contribution in [0.2, 0.25) is 0 Å². The van der Waals surface area contributed by atoms with Crippen LogP contribution in [0.1, 0.15) is 111 Å². The predicted molar refractivity (Wildman–Crippen MR) is 233 cm³/mol. The molecule has 3 saturated heterocycles. The molecule has 7 rings (SSSR count). The zero-order chi connectivity index (χ0) is 47.3. The summed E-state index contributed by atoms with van der Waals surface area (Å²) < 4.78 is 59.8. The lowest BCUT2D eigenvalue weighted by Crippen LogP contribution is -2.65. The standard InChI is InChI=1S/C43H65BN6O13S/c1-12-48-20-21-50(36(53)35(48)52)38(55)46-32(25-16-18-49(19-17-25)64(57,58)47-39(56)61-41(5,6)7)34(51)45-31(44-62-30-24-27-23-29(42(27,8)9)43(30,10)63-44)22-26-14-13-15-28(33(26)59-11)37(54)60-40(2,3)4/h13-15,25,27,29-32H,12,16-24H2,1-11H3,(H,45,51)(H,46,55)(H,47,56)/t27-,29-,30+,31?,32?,43-/m0/s1. The molecule has 3 heterocycles. The SMILES string of the molecule is CCN1CCN(C(=O)NC(C(=O)NC(Cc2cccc(C(=O)OC(C)(C)C)c2OC)B2O[C@@H]3C[C@@H]4C[C@@H](C4(C)C)[C@]3(C)O2)C2CCN(S(=O)(=O)NC(=O)OC(C)(C)C)CC2)C(=O)C1=O. The van der Waals surface area contributed by atoms with Crippen molar-refractivity contribution in [3.05, 3.63) is 29.3 Å². The largest absolute Gasteiger partial charge is 0.496 e. The minimum absolute atomic E-state index is 0.00872. The van der Waals surface area contributed by atoms with Gasteiger partial charge in [0.15, 0.2) is 0 Å². The van der Waals surface area contributed by atoms with E-state index in [2.05, 4.69) is 24.5 Å². The summed E-state index contributed by atoms with van der Waals surface area (Å²) in [5.74, 6) is -3.97. The summed E-state index contributed by atoms with van der Waals surface area (Å²) >= 11 is 0. The number of amides is 6. The lowest BCUT2D eigenvalue weighted by Gasteiger charge is -2.64. The van der Waals surface area contributed by atoms with Crippen LogP contribution < -0.4 is 20.1 Å². The highest BCUT2D eigenvalue weighted by atomic mass is 32.2. The Labute approximate surface area is 376 Å². The smallest absolute Gasteiger partial charge is 0.482 e. The van der Waals surface area contributed by atoms with Gasteiger partial charge in [-0.25, -0.2) is 19.1 Å². The molecular weight excluding hydrogens is 851 g/mol. The van der Waals surface area contributed by atoms with Crippen molar-refractivity contribution in [1.29, 1.82) is 0 Å². The Morgan fingerprint density at radius 2 is 1.58 bits per heavy atom. The number of hydrogen-bond acceptors (Lipinski definition) is 13. The van der Waals surface area contributed by atoms with E-state index < -0.39 is 87.8 Å². The van der Waals surface area contributed by atoms with Crippen LogP contribution in [0.5, 0.6) is 5.75 Å². The Morgan fingerprint density at radius 1 is 0.922 bits per heavy atom. The van der Waals surface area contributed by atoms with Crippen molar-refractivity contribution in [1.82, 2.24) is 29.5 Å². The summed E-state index contributed by atoms with van der Waals surface area (Å²) in [7, 11) is -3.92.